The van der Waals surface area contributed by atoms with Gasteiger partial charge >= 0.3 is 5.97 Å². The fourth-order valence-electron chi connectivity index (χ4n) is 9.31. The molecule has 8 atom stereocenters. The molecule has 9 nitrogen and oxygen atoms in total. The maximum atomic E-state index is 14.0. The third-order valence-corrected chi connectivity index (χ3v) is 15.2. The van der Waals surface area contributed by atoms with Crippen LogP contribution in [0.4, 0.5) is 5.69 Å². The maximum absolute atomic E-state index is 14.0. The van der Waals surface area contributed by atoms with Crippen LogP contribution in [0.5, 0.6) is 5.75 Å². The molecule has 2 aliphatic carbocycles. The first-order valence-electron chi connectivity index (χ1n) is 18.7. The second kappa shape index (κ2) is 14.5. The molecule has 2 aromatic rings. The van der Waals surface area contributed by atoms with Crippen molar-refractivity contribution in [3.05, 3.63) is 70.3 Å². The van der Waals surface area contributed by atoms with Gasteiger partial charge in [-0.1, -0.05) is 36.7 Å². The largest absolute Gasteiger partial charge is 0.490 e. The number of benzene rings is 2. The number of hydrogen-bond acceptors (Lipinski definition) is 8. The van der Waals surface area contributed by atoms with E-state index in [0.717, 1.165) is 42.8 Å². The Labute approximate surface area is 312 Å². The standard InChI is InChI=1S/C41H51ClN2O7S/c1-26-7-5-17-41(49-3,22-33(45)20-30-15-18-50-39(30)47)35-12-9-31(35)23-44-24-40(16-6-8-28-19-32(42)11-13-34(28)40)25-51-37-14-10-29(21-36(37)44)38(46)43-52(4,48)27(26)2/h5,10-11,13-14,17,19,21,26-27,30-31,35H,4,6-9,12,15-16,18,20,22-25H2,1-3H3,(H,43,46,48)/b17-5+/t26-,27+,30-,31-,35+,40-,41+,52?/m0/s1. The van der Waals surface area contributed by atoms with Gasteiger partial charge in [0.05, 0.1) is 40.1 Å². The highest BCUT2D eigenvalue weighted by Crippen LogP contribution is 2.50. The number of anilines is 1. The van der Waals surface area contributed by atoms with E-state index < -0.39 is 32.4 Å². The summed E-state index contributed by atoms with van der Waals surface area (Å²) in [5, 5.41) is 0.290. The van der Waals surface area contributed by atoms with Crippen molar-refractivity contribution in [2.24, 2.45) is 23.7 Å². The van der Waals surface area contributed by atoms with Crippen molar-refractivity contribution >= 4 is 50.5 Å². The second-order valence-corrected chi connectivity index (χ2v) is 18.8. The Hall–Kier alpha value is -3.34. The zero-order chi connectivity index (χ0) is 36.8. The molecule has 1 spiro atoms. The Morgan fingerprint density at radius 2 is 1.96 bits per heavy atom. The number of ether oxygens (including phenoxy) is 3. The fourth-order valence-corrected chi connectivity index (χ4v) is 11.0. The SMILES string of the molecule is C=S1(=O)NC(=O)c2ccc3c(c2)N(C[C@@H]2CC[C@H]2[C@@](CC(=O)C[C@@H]2CCOC2=O)(OC)/C=C/C[C@H](C)[C@H]1C)C[C@@]1(CCCc2cc(Cl)ccc21)CO3. The number of Topliss-reactive ketones (excluding diaryl/α,β-unsaturated/α-hetero) is 1. The Morgan fingerprint density at radius 1 is 1.13 bits per heavy atom. The van der Waals surface area contributed by atoms with Gasteiger partial charge in [-0.3, -0.25) is 19.1 Å². The topological polar surface area (TPSA) is 111 Å². The Bertz CT molecular complexity index is 1880. The summed E-state index contributed by atoms with van der Waals surface area (Å²) in [6.45, 7) is 6.02. The molecule has 1 saturated carbocycles. The minimum atomic E-state index is -3.04. The number of fused-ring (bicyclic) bond motifs is 4. The molecule has 1 saturated heterocycles. The van der Waals surface area contributed by atoms with E-state index in [-0.39, 0.29) is 47.8 Å². The van der Waals surface area contributed by atoms with Crippen molar-refractivity contribution in [3.8, 4) is 5.75 Å². The number of methoxy groups -OCH3 is 1. The van der Waals surface area contributed by atoms with Crippen molar-refractivity contribution in [1.82, 2.24) is 4.72 Å². The number of ketones is 1. The van der Waals surface area contributed by atoms with Crippen molar-refractivity contribution in [3.63, 3.8) is 0 Å². The van der Waals surface area contributed by atoms with E-state index in [9.17, 15) is 18.6 Å². The molecule has 1 N–H and O–H groups in total. The number of halogens is 1. The number of nitrogens with one attached hydrogen (secondary N) is 1. The van der Waals surface area contributed by atoms with E-state index >= 15 is 0 Å². The van der Waals surface area contributed by atoms with E-state index in [1.165, 1.54) is 11.1 Å². The van der Waals surface area contributed by atoms with Crippen LogP contribution in [-0.2, 0) is 40.6 Å². The summed E-state index contributed by atoms with van der Waals surface area (Å²) in [5.41, 5.74) is 2.50. The summed E-state index contributed by atoms with van der Waals surface area (Å²) in [6, 6.07) is 11.7. The molecule has 0 aromatic heterocycles. The van der Waals surface area contributed by atoms with Crippen LogP contribution < -0.4 is 14.4 Å². The normalized spacial score (nSPS) is 35.2. The molecule has 11 heteroatoms. The first kappa shape index (κ1) is 37.0. The highest BCUT2D eigenvalue weighted by molar-refractivity contribution is 7.99. The summed E-state index contributed by atoms with van der Waals surface area (Å²) in [5.74, 6) is 3.64. The van der Waals surface area contributed by atoms with Gasteiger partial charge in [0.25, 0.3) is 5.91 Å². The number of amides is 1. The monoisotopic (exact) mass is 750 g/mol. The molecule has 2 bridgehead atoms. The summed E-state index contributed by atoms with van der Waals surface area (Å²) in [6.07, 6.45) is 10.2. The maximum Gasteiger partial charge on any atom is 0.309 e. The van der Waals surface area contributed by atoms with Gasteiger partial charge < -0.3 is 19.1 Å². The van der Waals surface area contributed by atoms with Crippen molar-refractivity contribution in [2.75, 3.05) is 38.3 Å². The average Bonchev–Trinajstić information content (AvgIpc) is 3.43. The number of carbonyl (C=O) groups is 3. The Kier molecular flexibility index (Phi) is 10.3. The molecular weight excluding hydrogens is 700 g/mol. The average molecular weight is 751 g/mol. The number of allylic oxidation sites excluding steroid dienone is 1. The van der Waals surface area contributed by atoms with E-state index in [0.29, 0.717) is 50.5 Å². The number of hydrogen-bond donors (Lipinski definition) is 1. The third kappa shape index (κ3) is 7.03. The van der Waals surface area contributed by atoms with Gasteiger partial charge in [-0.05, 0) is 117 Å². The summed E-state index contributed by atoms with van der Waals surface area (Å²) in [7, 11) is -1.35. The van der Waals surface area contributed by atoms with Crippen LogP contribution in [0, 0.1) is 23.7 Å². The molecule has 0 radical (unpaired) electrons. The van der Waals surface area contributed by atoms with Crippen LogP contribution in [-0.4, -0.2) is 72.0 Å². The van der Waals surface area contributed by atoms with Gasteiger partial charge in [-0.15, -0.1) is 0 Å². The molecule has 1 amide bonds. The van der Waals surface area contributed by atoms with Gasteiger partial charge in [0.15, 0.2) is 0 Å². The first-order chi connectivity index (χ1) is 24.8. The van der Waals surface area contributed by atoms with E-state index in [4.69, 9.17) is 25.8 Å². The summed E-state index contributed by atoms with van der Waals surface area (Å²) >= 11 is 6.48. The number of rotatable bonds is 5. The molecule has 7 rings (SSSR count). The Balaban J connectivity index is 1.30. The number of aryl methyl sites for hydroxylation is 1. The minimum Gasteiger partial charge on any atom is -0.490 e. The van der Waals surface area contributed by atoms with Crippen molar-refractivity contribution in [1.29, 1.82) is 0 Å². The lowest BCUT2D eigenvalue weighted by Gasteiger charge is -2.50. The van der Waals surface area contributed by atoms with Crippen molar-refractivity contribution < 1.29 is 32.8 Å². The van der Waals surface area contributed by atoms with Gasteiger partial charge in [0, 0.05) is 54.3 Å². The van der Waals surface area contributed by atoms with Gasteiger partial charge in [-0.2, -0.15) is 0 Å². The van der Waals surface area contributed by atoms with E-state index in [2.05, 4.69) is 27.6 Å². The lowest BCUT2D eigenvalue weighted by molar-refractivity contribution is -0.144. The molecular formula is C41H51ClN2O7S. The zero-order valence-corrected chi connectivity index (χ0v) is 32.1. The Morgan fingerprint density at radius 3 is 2.69 bits per heavy atom. The number of cyclic esters (lactones) is 1. The van der Waals surface area contributed by atoms with Crippen molar-refractivity contribution in [2.45, 2.75) is 87.9 Å². The molecule has 2 fully saturated rings. The number of carbonyl (C=O) groups excluding carboxylic acids is 3. The molecule has 2 aromatic carbocycles. The van der Waals surface area contributed by atoms with Gasteiger partial charge in [-0.25, -0.2) is 4.21 Å². The highest BCUT2D eigenvalue weighted by atomic mass is 35.5. The number of esters is 1. The zero-order valence-electron chi connectivity index (χ0n) is 30.5. The van der Waals surface area contributed by atoms with Crippen LogP contribution in [0.15, 0.2) is 48.6 Å². The summed E-state index contributed by atoms with van der Waals surface area (Å²) < 4.78 is 35.0. The molecule has 52 heavy (non-hydrogen) atoms. The third-order valence-electron chi connectivity index (χ3n) is 12.7. The summed E-state index contributed by atoms with van der Waals surface area (Å²) in [4.78, 5) is 42.2. The van der Waals surface area contributed by atoms with E-state index in [1.807, 2.05) is 44.2 Å². The molecule has 3 heterocycles. The van der Waals surface area contributed by atoms with Crippen LogP contribution in [0.2, 0.25) is 5.02 Å². The van der Waals surface area contributed by atoms with Crippen LogP contribution in [0.1, 0.15) is 86.7 Å². The quantitative estimate of drug-likeness (QED) is 0.210. The molecule has 5 aliphatic rings. The lowest BCUT2D eigenvalue weighted by atomic mass is 9.62. The minimum absolute atomic E-state index is 0.0186. The molecule has 3 aliphatic heterocycles. The highest BCUT2D eigenvalue weighted by Gasteiger charge is 2.50. The molecule has 1 unspecified atom stereocenters. The van der Waals surface area contributed by atoms with Crippen LogP contribution >= 0.6 is 11.6 Å². The smallest absolute Gasteiger partial charge is 0.309 e. The van der Waals surface area contributed by atoms with Gasteiger partial charge in [0.1, 0.15) is 11.5 Å². The molecule has 280 valence electrons. The van der Waals surface area contributed by atoms with Crippen LogP contribution in [0.3, 0.4) is 0 Å². The lowest BCUT2D eigenvalue weighted by Crippen LogP contribution is -2.53. The first-order valence-corrected chi connectivity index (χ1v) is 20.9. The predicted octanol–water partition coefficient (Wildman–Crippen LogP) is 6.48. The second-order valence-electron chi connectivity index (χ2n) is 15.9. The fraction of sp³-hybridized carbons (Fsp3) is 0.561. The van der Waals surface area contributed by atoms with E-state index in [1.54, 1.807) is 13.2 Å². The van der Waals surface area contributed by atoms with Gasteiger partial charge in [0.2, 0.25) is 0 Å². The van der Waals surface area contributed by atoms with Crippen LogP contribution in [0.25, 0.3) is 0 Å². The predicted molar refractivity (Wildman–Crippen MR) is 205 cm³/mol. The number of nitrogens with zero attached hydrogens (tertiary/aromatic N) is 1.